The fourth-order valence-corrected chi connectivity index (χ4v) is 3.43. The van der Waals surface area contributed by atoms with Crippen LogP contribution < -0.4 is 14.8 Å². The maximum absolute atomic E-state index is 12.2. The Morgan fingerprint density at radius 3 is 2.56 bits per heavy atom. The number of fused-ring (bicyclic) bond motifs is 1. The average molecular weight is 371 g/mol. The molecule has 0 spiro atoms. The third kappa shape index (κ3) is 4.23. The second kappa shape index (κ2) is 8.88. The van der Waals surface area contributed by atoms with Gasteiger partial charge in [-0.2, -0.15) is 0 Å². The van der Waals surface area contributed by atoms with Crippen molar-refractivity contribution in [3.8, 4) is 11.5 Å². The molecular formula is C21H25NO5. The molecular weight excluding hydrogens is 346 g/mol. The normalized spacial score (nSPS) is 16.9. The standard InChI is InChI=1S/C21H25NO5/c1-25-18-10-15-8-9-22-20(17(15)11-19(18)26-2)16(12-23)13-27-21(24)14-6-4-3-5-7-14/h3-7,10-11,16,20,22-23H,8-9,12-13H2,1-2H3/t16-,20-/m1/s1. The first-order chi connectivity index (χ1) is 13.2. The number of esters is 1. The Morgan fingerprint density at radius 1 is 1.19 bits per heavy atom. The van der Waals surface area contributed by atoms with E-state index in [4.69, 9.17) is 14.2 Å². The highest BCUT2D eigenvalue weighted by atomic mass is 16.5. The highest BCUT2D eigenvalue weighted by Crippen LogP contribution is 2.37. The smallest absolute Gasteiger partial charge is 0.338 e. The Labute approximate surface area is 159 Å². The molecule has 0 radical (unpaired) electrons. The Morgan fingerprint density at radius 2 is 1.89 bits per heavy atom. The van der Waals surface area contributed by atoms with E-state index in [0.717, 1.165) is 24.1 Å². The predicted molar refractivity (Wildman–Crippen MR) is 101 cm³/mol. The molecule has 6 nitrogen and oxygen atoms in total. The molecule has 0 saturated carbocycles. The van der Waals surface area contributed by atoms with Crippen LogP contribution in [-0.2, 0) is 11.2 Å². The molecule has 0 aromatic heterocycles. The van der Waals surface area contributed by atoms with Crippen molar-refractivity contribution in [2.24, 2.45) is 5.92 Å². The van der Waals surface area contributed by atoms with Crippen LogP contribution in [0.15, 0.2) is 42.5 Å². The first kappa shape index (κ1) is 19.2. The Kier molecular flexibility index (Phi) is 6.32. The summed E-state index contributed by atoms with van der Waals surface area (Å²) in [4.78, 5) is 12.2. The van der Waals surface area contributed by atoms with Gasteiger partial charge < -0.3 is 24.6 Å². The Balaban J connectivity index is 1.77. The van der Waals surface area contributed by atoms with Crippen LogP contribution in [0.5, 0.6) is 11.5 Å². The lowest BCUT2D eigenvalue weighted by Gasteiger charge is -2.33. The summed E-state index contributed by atoms with van der Waals surface area (Å²) >= 11 is 0. The van der Waals surface area contributed by atoms with E-state index in [9.17, 15) is 9.90 Å². The SMILES string of the molecule is COc1cc2c(cc1OC)[C@@H]([C@H](CO)COC(=O)c1ccccc1)NCC2. The van der Waals surface area contributed by atoms with Crippen molar-refractivity contribution in [3.05, 3.63) is 59.2 Å². The van der Waals surface area contributed by atoms with Crippen LogP contribution >= 0.6 is 0 Å². The molecule has 2 atom stereocenters. The number of methoxy groups -OCH3 is 2. The third-order valence-corrected chi connectivity index (χ3v) is 4.88. The molecule has 0 unspecified atom stereocenters. The summed E-state index contributed by atoms with van der Waals surface area (Å²) in [7, 11) is 3.21. The summed E-state index contributed by atoms with van der Waals surface area (Å²) in [5.41, 5.74) is 2.68. The third-order valence-electron chi connectivity index (χ3n) is 4.88. The summed E-state index contributed by atoms with van der Waals surface area (Å²) in [6, 6.07) is 12.6. The fraction of sp³-hybridized carbons (Fsp3) is 0.381. The van der Waals surface area contributed by atoms with E-state index in [1.165, 1.54) is 0 Å². The number of hydrogen-bond donors (Lipinski definition) is 2. The summed E-state index contributed by atoms with van der Waals surface area (Å²) in [6.07, 6.45) is 0.855. The number of rotatable bonds is 7. The molecule has 0 fully saturated rings. The number of nitrogens with one attached hydrogen (secondary N) is 1. The van der Waals surface area contributed by atoms with Crippen LogP contribution in [0.4, 0.5) is 0 Å². The van der Waals surface area contributed by atoms with Crippen LogP contribution in [0.2, 0.25) is 0 Å². The zero-order valence-corrected chi connectivity index (χ0v) is 15.6. The second-order valence-electron chi connectivity index (χ2n) is 6.49. The molecule has 1 aliphatic heterocycles. The maximum atomic E-state index is 12.2. The minimum Gasteiger partial charge on any atom is -0.493 e. The number of aliphatic hydroxyl groups excluding tert-OH is 1. The van der Waals surface area contributed by atoms with Gasteiger partial charge in [-0.25, -0.2) is 4.79 Å². The summed E-state index contributed by atoms with van der Waals surface area (Å²) in [5.74, 6) is 0.670. The van der Waals surface area contributed by atoms with Crippen molar-refractivity contribution in [2.75, 3.05) is 34.0 Å². The van der Waals surface area contributed by atoms with Crippen molar-refractivity contribution in [1.29, 1.82) is 0 Å². The molecule has 0 amide bonds. The van der Waals surface area contributed by atoms with Gasteiger partial charge in [-0.3, -0.25) is 0 Å². The lowest BCUT2D eigenvalue weighted by molar-refractivity contribution is 0.0333. The van der Waals surface area contributed by atoms with Gasteiger partial charge in [-0.1, -0.05) is 18.2 Å². The monoisotopic (exact) mass is 371 g/mol. The van der Waals surface area contributed by atoms with E-state index in [-0.39, 0.29) is 25.2 Å². The van der Waals surface area contributed by atoms with Gasteiger partial charge in [-0.15, -0.1) is 0 Å². The predicted octanol–water partition coefficient (Wildman–Crippen LogP) is 2.36. The van der Waals surface area contributed by atoms with Crippen molar-refractivity contribution >= 4 is 5.97 Å². The Hall–Kier alpha value is -2.57. The van der Waals surface area contributed by atoms with Gasteiger partial charge >= 0.3 is 5.97 Å². The first-order valence-corrected chi connectivity index (χ1v) is 8.99. The van der Waals surface area contributed by atoms with Crippen LogP contribution in [0.25, 0.3) is 0 Å². The number of hydrogen-bond acceptors (Lipinski definition) is 6. The lowest BCUT2D eigenvalue weighted by atomic mass is 9.86. The zero-order valence-electron chi connectivity index (χ0n) is 15.6. The van der Waals surface area contributed by atoms with Gasteiger partial charge in [0.1, 0.15) is 0 Å². The van der Waals surface area contributed by atoms with Crippen molar-refractivity contribution in [2.45, 2.75) is 12.5 Å². The van der Waals surface area contributed by atoms with E-state index in [1.807, 2.05) is 18.2 Å². The first-order valence-electron chi connectivity index (χ1n) is 8.99. The average Bonchev–Trinajstić information content (AvgIpc) is 2.73. The van der Waals surface area contributed by atoms with Crippen LogP contribution in [0.3, 0.4) is 0 Å². The number of aliphatic hydroxyl groups is 1. The molecule has 144 valence electrons. The topological polar surface area (TPSA) is 77.0 Å². The molecule has 2 N–H and O–H groups in total. The molecule has 0 bridgehead atoms. The van der Waals surface area contributed by atoms with Gasteiger partial charge in [0.25, 0.3) is 0 Å². The molecule has 6 heteroatoms. The summed E-state index contributed by atoms with van der Waals surface area (Å²) < 4.78 is 16.3. The van der Waals surface area contributed by atoms with Crippen molar-refractivity contribution in [3.63, 3.8) is 0 Å². The van der Waals surface area contributed by atoms with E-state index in [1.54, 1.807) is 38.5 Å². The Bertz CT molecular complexity index is 778. The fourth-order valence-electron chi connectivity index (χ4n) is 3.43. The summed E-state index contributed by atoms with van der Waals surface area (Å²) in [5, 5.41) is 13.4. The molecule has 27 heavy (non-hydrogen) atoms. The van der Waals surface area contributed by atoms with Gasteiger partial charge in [0.05, 0.1) is 33.0 Å². The minimum absolute atomic E-state index is 0.104. The molecule has 1 aliphatic rings. The van der Waals surface area contributed by atoms with Gasteiger partial charge in [0, 0.05) is 12.0 Å². The maximum Gasteiger partial charge on any atom is 0.338 e. The minimum atomic E-state index is -0.391. The van der Waals surface area contributed by atoms with E-state index >= 15 is 0 Å². The second-order valence-corrected chi connectivity index (χ2v) is 6.49. The molecule has 2 aromatic carbocycles. The number of carbonyl (C=O) groups excluding carboxylic acids is 1. The molecule has 3 rings (SSSR count). The summed E-state index contributed by atoms with van der Waals surface area (Å²) in [6.45, 7) is 0.791. The van der Waals surface area contributed by atoms with Crippen molar-refractivity contribution < 1.29 is 24.1 Å². The van der Waals surface area contributed by atoms with Crippen molar-refractivity contribution in [1.82, 2.24) is 5.32 Å². The quantitative estimate of drug-likeness (QED) is 0.728. The van der Waals surface area contributed by atoms with Crippen LogP contribution in [-0.4, -0.2) is 45.1 Å². The zero-order chi connectivity index (χ0) is 19.2. The molecule has 2 aromatic rings. The van der Waals surface area contributed by atoms with Gasteiger partial charge in [-0.05, 0) is 48.4 Å². The molecule has 0 aliphatic carbocycles. The highest BCUT2D eigenvalue weighted by Gasteiger charge is 2.30. The molecule has 0 saturated heterocycles. The van der Waals surface area contributed by atoms with E-state index < -0.39 is 5.97 Å². The number of benzene rings is 2. The largest absolute Gasteiger partial charge is 0.493 e. The lowest BCUT2D eigenvalue weighted by Crippen LogP contribution is -2.38. The molecule has 1 heterocycles. The van der Waals surface area contributed by atoms with Gasteiger partial charge in [0.2, 0.25) is 0 Å². The van der Waals surface area contributed by atoms with Crippen LogP contribution in [0, 0.1) is 5.92 Å². The van der Waals surface area contributed by atoms with E-state index in [2.05, 4.69) is 5.32 Å². The van der Waals surface area contributed by atoms with E-state index in [0.29, 0.717) is 17.1 Å². The van der Waals surface area contributed by atoms with Gasteiger partial charge in [0.15, 0.2) is 11.5 Å². The highest BCUT2D eigenvalue weighted by molar-refractivity contribution is 5.89. The number of carbonyl (C=O) groups is 1. The van der Waals surface area contributed by atoms with Crippen LogP contribution in [0.1, 0.15) is 27.5 Å². The number of ether oxygens (including phenoxy) is 3.